The summed E-state index contributed by atoms with van der Waals surface area (Å²) in [6, 6.07) is 15.7. The van der Waals surface area contributed by atoms with Crippen LogP contribution < -0.4 is 15.5 Å². The molecule has 0 amide bonds. The van der Waals surface area contributed by atoms with E-state index in [9.17, 15) is 0 Å². The van der Waals surface area contributed by atoms with E-state index in [4.69, 9.17) is 17.0 Å². The summed E-state index contributed by atoms with van der Waals surface area (Å²) in [6.07, 6.45) is 4.83. The van der Waals surface area contributed by atoms with E-state index in [1.165, 1.54) is 0 Å². The lowest BCUT2D eigenvalue weighted by molar-refractivity contribution is 0.415. The Bertz CT molecular complexity index is 824. The molecule has 0 heterocycles. The van der Waals surface area contributed by atoms with Gasteiger partial charge in [-0.15, -0.1) is 12.4 Å². The number of thiocarbonyl (C=S) groups is 1. The number of rotatable bonds is 8. The second kappa shape index (κ2) is 13.3. The number of ether oxygens (including phenoxy) is 1. The zero-order valence-electron chi connectivity index (χ0n) is 16.7. The molecule has 29 heavy (non-hydrogen) atoms. The smallest absolute Gasteiger partial charge is 0.191 e. The molecule has 5 nitrogen and oxygen atoms in total. The highest BCUT2D eigenvalue weighted by Gasteiger charge is 2.01. The van der Waals surface area contributed by atoms with Gasteiger partial charge in [0.15, 0.2) is 5.11 Å². The first-order valence-corrected chi connectivity index (χ1v) is 10.0. The van der Waals surface area contributed by atoms with Crippen LogP contribution in [0.15, 0.2) is 64.2 Å². The van der Waals surface area contributed by atoms with Gasteiger partial charge in [-0.05, 0) is 74.4 Å². The van der Waals surface area contributed by atoms with Crippen LogP contribution in [0.25, 0.3) is 6.08 Å². The fourth-order valence-corrected chi connectivity index (χ4v) is 2.66. The molecule has 0 aromatic heterocycles. The third-order valence-electron chi connectivity index (χ3n) is 3.80. The van der Waals surface area contributed by atoms with Crippen LogP contribution >= 0.6 is 40.6 Å². The lowest BCUT2D eigenvalue weighted by Gasteiger charge is -2.11. The highest BCUT2D eigenvalue weighted by molar-refractivity contribution is 9.10. The van der Waals surface area contributed by atoms with E-state index in [0.717, 1.165) is 40.2 Å². The highest BCUT2D eigenvalue weighted by atomic mass is 79.9. The molecule has 2 aromatic rings. The van der Waals surface area contributed by atoms with Crippen molar-refractivity contribution in [2.24, 2.45) is 5.10 Å². The Balaban J connectivity index is 0.00000420. The van der Waals surface area contributed by atoms with Crippen molar-refractivity contribution in [3.63, 3.8) is 0 Å². The summed E-state index contributed by atoms with van der Waals surface area (Å²) < 4.78 is 6.21. The number of nitrogens with one attached hydrogen (secondary N) is 2. The SMILES string of the molecule is COc1ccc(/C=C/C(CCN(C)C)=N/NC(=S)Nc2ccc(Br)cc2)cc1.Cl. The summed E-state index contributed by atoms with van der Waals surface area (Å²) in [7, 11) is 5.74. The van der Waals surface area contributed by atoms with Gasteiger partial charge in [0.1, 0.15) is 5.75 Å². The Hall–Kier alpha value is -1.93. The van der Waals surface area contributed by atoms with Crippen molar-refractivity contribution in [3.8, 4) is 5.75 Å². The van der Waals surface area contributed by atoms with E-state index in [2.05, 4.69) is 36.7 Å². The van der Waals surface area contributed by atoms with Crippen molar-refractivity contribution in [1.82, 2.24) is 10.3 Å². The first kappa shape index (κ1) is 25.1. The van der Waals surface area contributed by atoms with Gasteiger partial charge in [-0.3, -0.25) is 5.43 Å². The minimum atomic E-state index is 0. The van der Waals surface area contributed by atoms with Gasteiger partial charge in [-0.2, -0.15) is 5.10 Å². The van der Waals surface area contributed by atoms with Crippen LogP contribution in [0.4, 0.5) is 5.69 Å². The van der Waals surface area contributed by atoms with Crippen LogP contribution in [0.2, 0.25) is 0 Å². The third kappa shape index (κ3) is 9.89. The number of hydrogen-bond acceptors (Lipinski definition) is 4. The van der Waals surface area contributed by atoms with Gasteiger partial charge in [0.25, 0.3) is 0 Å². The normalized spacial score (nSPS) is 11.3. The largest absolute Gasteiger partial charge is 0.497 e. The number of halogens is 2. The minimum Gasteiger partial charge on any atom is -0.497 e. The van der Waals surface area contributed by atoms with E-state index >= 15 is 0 Å². The number of nitrogens with zero attached hydrogens (tertiary/aromatic N) is 2. The molecular formula is C21H26BrClN4OS. The standard InChI is InChI=1S/C21H25BrN4OS.ClH/c1-26(2)15-14-19(9-4-16-5-12-20(27-3)13-6-16)24-25-21(28)23-18-10-7-17(22)8-11-18;/h4-13H,14-15H2,1-3H3,(H2,23,25,28);1H/b9-4+,24-19-;. The van der Waals surface area contributed by atoms with Crippen LogP contribution in [0.1, 0.15) is 12.0 Å². The average molecular weight is 498 g/mol. The van der Waals surface area contributed by atoms with E-state index < -0.39 is 0 Å². The monoisotopic (exact) mass is 496 g/mol. The fourth-order valence-electron chi connectivity index (χ4n) is 2.24. The molecule has 0 fully saturated rings. The Morgan fingerprint density at radius 2 is 1.79 bits per heavy atom. The molecule has 0 unspecified atom stereocenters. The van der Waals surface area contributed by atoms with Gasteiger partial charge in [0.05, 0.1) is 12.8 Å². The summed E-state index contributed by atoms with van der Waals surface area (Å²) in [5.41, 5.74) is 5.82. The predicted octanol–water partition coefficient (Wildman–Crippen LogP) is 5.19. The molecule has 0 radical (unpaired) electrons. The van der Waals surface area contributed by atoms with Crippen molar-refractivity contribution in [2.75, 3.05) is 33.1 Å². The predicted molar refractivity (Wildman–Crippen MR) is 133 cm³/mol. The van der Waals surface area contributed by atoms with E-state index in [1.54, 1.807) is 7.11 Å². The topological polar surface area (TPSA) is 48.9 Å². The molecule has 0 spiro atoms. The van der Waals surface area contributed by atoms with Gasteiger partial charge in [-0.25, -0.2) is 0 Å². The maximum absolute atomic E-state index is 5.34. The van der Waals surface area contributed by atoms with Crippen LogP contribution in [-0.4, -0.2) is 43.5 Å². The Labute approximate surface area is 192 Å². The van der Waals surface area contributed by atoms with Crippen LogP contribution in [0.5, 0.6) is 5.75 Å². The zero-order valence-corrected chi connectivity index (χ0v) is 19.9. The molecule has 0 aliphatic rings. The molecule has 2 N–H and O–H groups in total. The highest BCUT2D eigenvalue weighted by Crippen LogP contribution is 2.14. The van der Waals surface area contributed by atoms with Gasteiger partial charge >= 0.3 is 0 Å². The van der Waals surface area contributed by atoms with Crippen molar-refractivity contribution in [3.05, 3.63) is 64.6 Å². The van der Waals surface area contributed by atoms with Crippen LogP contribution in [0, 0.1) is 0 Å². The second-order valence-corrected chi connectivity index (χ2v) is 7.66. The minimum absolute atomic E-state index is 0. The summed E-state index contributed by atoms with van der Waals surface area (Å²) in [5.74, 6) is 0.838. The average Bonchev–Trinajstić information content (AvgIpc) is 2.69. The number of methoxy groups -OCH3 is 1. The molecule has 0 aliphatic heterocycles. The van der Waals surface area contributed by atoms with Crippen molar-refractivity contribution in [2.45, 2.75) is 6.42 Å². The van der Waals surface area contributed by atoms with Gasteiger partial charge in [-0.1, -0.05) is 34.1 Å². The summed E-state index contributed by atoms with van der Waals surface area (Å²) >= 11 is 8.76. The van der Waals surface area contributed by atoms with E-state index in [-0.39, 0.29) is 12.4 Å². The van der Waals surface area contributed by atoms with Crippen molar-refractivity contribution in [1.29, 1.82) is 0 Å². The van der Waals surface area contributed by atoms with E-state index in [1.807, 2.05) is 74.8 Å². The number of hydrazone groups is 1. The van der Waals surface area contributed by atoms with Gasteiger partial charge in [0, 0.05) is 23.1 Å². The van der Waals surface area contributed by atoms with Crippen molar-refractivity contribution >= 4 is 63.1 Å². The maximum Gasteiger partial charge on any atom is 0.191 e. The molecule has 2 rings (SSSR count). The quantitative estimate of drug-likeness (QED) is 0.299. The van der Waals surface area contributed by atoms with Crippen molar-refractivity contribution < 1.29 is 4.74 Å². The van der Waals surface area contributed by atoms with E-state index in [0.29, 0.717) is 5.11 Å². The molecular weight excluding hydrogens is 472 g/mol. The Morgan fingerprint density at radius 1 is 1.14 bits per heavy atom. The lowest BCUT2D eigenvalue weighted by atomic mass is 10.1. The lowest BCUT2D eigenvalue weighted by Crippen LogP contribution is -2.25. The Morgan fingerprint density at radius 3 is 2.38 bits per heavy atom. The molecule has 0 saturated heterocycles. The van der Waals surface area contributed by atoms with Gasteiger partial charge < -0.3 is 15.0 Å². The summed E-state index contributed by atoms with van der Waals surface area (Å²) in [4.78, 5) is 2.12. The maximum atomic E-state index is 5.34. The molecule has 0 atom stereocenters. The zero-order chi connectivity index (χ0) is 20.4. The number of hydrogen-bond donors (Lipinski definition) is 2. The molecule has 8 heteroatoms. The molecule has 156 valence electrons. The first-order chi connectivity index (χ1) is 13.5. The third-order valence-corrected chi connectivity index (χ3v) is 4.52. The number of anilines is 1. The molecule has 2 aromatic carbocycles. The molecule has 0 bridgehead atoms. The first-order valence-electron chi connectivity index (χ1n) is 8.82. The number of allylic oxidation sites excluding steroid dienone is 1. The summed E-state index contributed by atoms with van der Waals surface area (Å²) in [6.45, 7) is 0.889. The molecule has 0 saturated carbocycles. The summed E-state index contributed by atoms with van der Waals surface area (Å²) in [5, 5.41) is 8.04. The Kier molecular flexibility index (Phi) is 11.5. The number of benzene rings is 2. The van der Waals surface area contributed by atoms with Gasteiger partial charge in [0.2, 0.25) is 0 Å². The second-order valence-electron chi connectivity index (χ2n) is 6.34. The fraction of sp³-hybridized carbons (Fsp3) is 0.238. The molecule has 0 aliphatic carbocycles. The van der Waals surface area contributed by atoms with Crippen LogP contribution in [-0.2, 0) is 0 Å². The van der Waals surface area contributed by atoms with Crippen LogP contribution in [0.3, 0.4) is 0 Å².